The molecule has 17 nitrogen and oxygen atoms in total. The Kier molecular flexibility index (Phi) is 14.9. The van der Waals surface area contributed by atoms with Crippen LogP contribution in [0.3, 0.4) is 0 Å². The van der Waals surface area contributed by atoms with Gasteiger partial charge in [0.1, 0.15) is 18.1 Å². The Bertz CT molecular complexity index is 2590. The van der Waals surface area contributed by atoms with E-state index in [-0.39, 0.29) is 55.7 Å². The van der Waals surface area contributed by atoms with Crippen molar-refractivity contribution in [1.82, 2.24) is 45.0 Å². The van der Waals surface area contributed by atoms with Crippen LogP contribution in [0.2, 0.25) is 0 Å². The number of rotatable bonds is 9. The van der Waals surface area contributed by atoms with Gasteiger partial charge >= 0.3 is 12.0 Å². The van der Waals surface area contributed by atoms with E-state index in [9.17, 15) is 24.0 Å². The Balaban J connectivity index is 1.13. The van der Waals surface area contributed by atoms with E-state index in [1.165, 1.54) is 27.3 Å². The molecular weight excluding hydrogens is 899 g/mol. The number of thiazole rings is 1. The molecule has 6 bridgehead atoms. The molecule has 8 rings (SSSR count). The van der Waals surface area contributed by atoms with E-state index in [4.69, 9.17) is 24.2 Å². The van der Waals surface area contributed by atoms with Crippen molar-refractivity contribution in [1.29, 1.82) is 0 Å². The summed E-state index contributed by atoms with van der Waals surface area (Å²) in [6.45, 7) is 18.3. The topological polar surface area (TPSA) is 181 Å². The van der Waals surface area contributed by atoms with Crippen molar-refractivity contribution in [3.63, 3.8) is 0 Å². The van der Waals surface area contributed by atoms with Crippen molar-refractivity contribution in [2.45, 2.75) is 117 Å². The van der Waals surface area contributed by atoms with Gasteiger partial charge in [-0.3, -0.25) is 29.2 Å². The minimum atomic E-state index is -1.10. The average molecular weight is 966 g/mol. The van der Waals surface area contributed by atoms with Crippen LogP contribution in [0.15, 0.2) is 54.6 Å². The maximum Gasteiger partial charge on any atom is 0.324 e. The van der Waals surface area contributed by atoms with E-state index in [1.54, 1.807) is 30.2 Å². The molecule has 6 atom stereocenters. The Labute approximate surface area is 408 Å². The number of nitrogens with one attached hydrogen (secondary N) is 2. The van der Waals surface area contributed by atoms with Crippen molar-refractivity contribution in [3.05, 3.63) is 70.8 Å². The summed E-state index contributed by atoms with van der Waals surface area (Å²) >= 11 is 1.40. The number of aromatic nitrogens is 3. The molecule has 0 spiro atoms. The summed E-state index contributed by atoms with van der Waals surface area (Å²) in [5, 5.41) is 8.11. The molecule has 0 radical (unpaired) electrons. The van der Waals surface area contributed by atoms with Crippen LogP contribution in [0.1, 0.15) is 83.2 Å². The number of fused-ring (bicyclic) bond motifs is 7. The number of pyridine rings is 1. The maximum absolute atomic E-state index is 14.7. The Morgan fingerprint density at radius 2 is 1.93 bits per heavy atom. The Hall–Kier alpha value is -5.69. The van der Waals surface area contributed by atoms with Crippen LogP contribution < -0.4 is 10.7 Å². The number of hydrazine groups is 1. The molecule has 4 aliphatic heterocycles. The zero-order valence-corrected chi connectivity index (χ0v) is 42.0. The van der Waals surface area contributed by atoms with Gasteiger partial charge < -0.3 is 38.8 Å². The van der Waals surface area contributed by atoms with Gasteiger partial charge in [-0.15, -0.1) is 11.3 Å². The molecule has 4 aliphatic rings. The van der Waals surface area contributed by atoms with E-state index in [0.29, 0.717) is 63.5 Å². The number of methoxy groups -OCH3 is 1. The monoisotopic (exact) mass is 965 g/mol. The highest BCUT2D eigenvalue weighted by atomic mass is 32.1. The van der Waals surface area contributed by atoms with E-state index < -0.39 is 41.3 Å². The smallest absolute Gasteiger partial charge is 0.324 e. The number of hydrogen-bond acceptors (Lipinski definition) is 12. The number of cyclic esters (lactones) is 1. The number of likely N-dealkylation sites (tertiary alicyclic amines) is 1. The van der Waals surface area contributed by atoms with Crippen molar-refractivity contribution in [2.24, 2.45) is 11.3 Å². The quantitative estimate of drug-likeness (QED) is 0.154. The van der Waals surface area contributed by atoms with Crippen molar-refractivity contribution >= 4 is 52.0 Å². The fourth-order valence-corrected chi connectivity index (χ4v) is 11.4. The van der Waals surface area contributed by atoms with Crippen LogP contribution in [-0.2, 0) is 52.8 Å². The van der Waals surface area contributed by atoms with Crippen molar-refractivity contribution in [2.75, 3.05) is 53.6 Å². The second-order valence-corrected chi connectivity index (χ2v) is 20.7. The molecule has 0 saturated carbocycles. The fourth-order valence-electron chi connectivity index (χ4n) is 10.5. The van der Waals surface area contributed by atoms with Crippen LogP contribution in [0.5, 0.6) is 0 Å². The van der Waals surface area contributed by atoms with Crippen LogP contribution >= 0.6 is 11.3 Å². The molecule has 69 heavy (non-hydrogen) atoms. The zero-order valence-electron chi connectivity index (χ0n) is 41.2. The number of piperidine rings is 1. The fraction of sp³-hybridized carbons (Fsp3) is 0.549. The normalized spacial score (nSPS) is 22.9. The van der Waals surface area contributed by atoms with Gasteiger partial charge in [-0.1, -0.05) is 40.3 Å². The number of benzene rings is 1. The summed E-state index contributed by atoms with van der Waals surface area (Å²) in [6.07, 6.45) is 4.76. The zero-order chi connectivity index (χ0) is 49.3. The number of nitrogens with zero attached hydrogens (tertiary/aromatic N) is 7. The number of urea groups is 1. The highest BCUT2D eigenvalue weighted by molar-refractivity contribution is 7.10. The number of amides is 5. The molecule has 7 heterocycles. The van der Waals surface area contributed by atoms with E-state index in [0.717, 1.165) is 44.7 Å². The Morgan fingerprint density at radius 1 is 1.13 bits per heavy atom. The molecular formula is C51H67N9O8S. The molecule has 2 N–H and O–H groups in total. The molecule has 3 fully saturated rings. The molecule has 5 amide bonds. The summed E-state index contributed by atoms with van der Waals surface area (Å²) < 4.78 is 20.2. The number of carbonyl (C=O) groups is 5. The van der Waals surface area contributed by atoms with E-state index >= 15 is 0 Å². The molecule has 3 saturated heterocycles. The van der Waals surface area contributed by atoms with Gasteiger partial charge in [0.2, 0.25) is 11.8 Å². The number of carbonyl (C=O) groups excluding carboxylic acids is 5. The first-order valence-electron chi connectivity index (χ1n) is 24.2. The first-order valence-corrected chi connectivity index (χ1v) is 25.1. The maximum atomic E-state index is 14.7. The summed E-state index contributed by atoms with van der Waals surface area (Å²) in [5.41, 5.74) is 9.23. The third-order valence-corrected chi connectivity index (χ3v) is 15.0. The van der Waals surface area contributed by atoms with Crippen LogP contribution in [0.4, 0.5) is 4.79 Å². The first kappa shape index (κ1) is 49.7. The summed E-state index contributed by atoms with van der Waals surface area (Å²) in [6, 6.07) is 6.83. The molecule has 370 valence electrons. The molecule has 0 unspecified atom stereocenters. The number of aryl methyl sites for hydroxylation is 1. The molecule has 3 aromatic heterocycles. The predicted molar refractivity (Wildman–Crippen MR) is 263 cm³/mol. The van der Waals surface area contributed by atoms with Gasteiger partial charge in [0.15, 0.2) is 0 Å². The SMILES string of the molecule is C=CC(=O)N1CCO[C@@H]2CCN(C(=O)N(C)[C@H](C(=O)N[C@H]3Cc4nc(cs4)-c4ccc5c(c4)c(c(-c4cccnc4[C@H](C)OC)n5CC)CC(C)(C)COC(=O)[C@@H]4CCCN(N4)C3=O)C(C)C)C[C@@H]21. The minimum absolute atomic E-state index is 0.0624. The summed E-state index contributed by atoms with van der Waals surface area (Å²) in [7, 11) is 3.28. The number of morpholine rings is 1. The van der Waals surface area contributed by atoms with Crippen LogP contribution in [0, 0.1) is 11.3 Å². The average Bonchev–Trinajstić information content (AvgIpc) is 3.95. The lowest BCUT2D eigenvalue weighted by Crippen LogP contribution is -2.65. The predicted octanol–water partition coefficient (Wildman–Crippen LogP) is 5.77. The highest BCUT2D eigenvalue weighted by Crippen LogP contribution is 2.42. The van der Waals surface area contributed by atoms with E-state index in [1.807, 2.05) is 32.2 Å². The second-order valence-electron chi connectivity index (χ2n) is 19.8. The van der Waals surface area contributed by atoms with Gasteiger partial charge in [0.25, 0.3) is 5.91 Å². The second kappa shape index (κ2) is 20.7. The lowest BCUT2D eigenvalue weighted by atomic mass is 9.84. The van der Waals surface area contributed by atoms with Gasteiger partial charge in [-0.2, -0.15) is 0 Å². The largest absolute Gasteiger partial charge is 0.464 e. The number of ether oxygens (including phenoxy) is 3. The van der Waals surface area contributed by atoms with Crippen molar-refractivity contribution in [3.8, 4) is 22.5 Å². The summed E-state index contributed by atoms with van der Waals surface area (Å²) in [5.74, 6) is -1.96. The minimum Gasteiger partial charge on any atom is -0.464 e. The van der Waals surface area contributed by atoms with Crippen molar-refractivity contribution < 1.29 is 38.2 Å². The standard InChI is InChI=1S/C51H67N9O8S/c1-10-43(61)59-22-23-67-41-18-21-57(27-40(41)59)50(65)56(8)45(30(3)4)47(62)54-37-25-42-53-38(28-69-42)32-16-17-39-34(24-32)35(46(58(39)11-2)33-14-12-19-52-44(33)31(5)66-9)26-51(6,7)29-68-49(64)36-15-13-20-60(55-36)48(37)63/h10,12,14,16-17,19,24,28,30-31,36-37,40-41,45,55H,1,11,13,15,18,20-23,25-27,29H2,2-9H3,(H,54,62)/t31-,36-,37-,40-,41+,45-/m0/s1. The van der Waals surface area contributed by atoms with Gasteiger partial charge in [0.05, 0.1) is 53.6 Å². The first-order chi connectivity index (χ1) is 33.0. The highest BCUT2D eigenvalue weighted by Gasteiger charge is 2.43. The number of hydrogen-bond donors (Lipinski definition) is 2. The number of likely N-dealkylation sites (N-methyl/N-ethyl adjacent to an activating group) is 1. The lowest BCUT2D eigenvalue weighted by molar-refractivity contribution is -0.155. The van der Waals surface area contributed by atoms with Gasteiger partial charge in [0, 0.05) is 92.3 Å². The third-order valence-electron chi connectivity index (χ3n) is 14.1. The lowest BCUT2D eigenvalue weighted by Gasteiger charge is -2.47. The van der Waals surface area contributed by atoms with Gasteiger partial charge in [-0.05, 0) is 81.4 Å². The van der Waals surface area contributed by atoms with Crippen LogP contribution in [-0.4, -0.2) is 148 Å². The molecule has 18 heteroatoms. The Morgan fingerprint density at radius 3 is 2.67 bits per heavy atom. The third kappa shape index (κ3) is 10.2. The molecule has 1 aromatic carbocycles. The molecule has 4 aromatic rings. The number of esters is 1. The van der Waals surface area contributed by atoms with Crippen LogP contribution in [0.25, 0.3) is 33.4 Å². The van der Waals surface area contributed by atoms with Gasteiger partial charge in [-0.25, -0.2) is 15.2 Å². The van der Waals surface area contributed by atoms with E-state index in [2.05, 4.69) is 66.9 Å². The summed E-state index contributed by atoms with van der Waals surface area (Å²) in [4.78, 5) is 85.1. The molecule has 0 aliphatic carbocycles.